The lowest BCUT2D eigenvalue weighted by molar-refractivity contribution is -0.120. The van der Waals surface area contributed by atoms with Crippen LogP contribution in [0.15, 0.2) is 60.3 Å². The minimum absolute atomic E-state index is 0.0143. The average Bonchev–Trinajstić information content (AvgIpc) is 2.76. The van der Waals surface area contributed by atoms with Gasteiger partial charge in [-0.3, -0.25) is 14.6 Å². The number of morpholine rings is 1. The maximum atomic E-state index is 13.4. The fraction of sp³-hybridized carbons (Fsp3) is 0.375. The highest BCUT2D eigenvalue weighted by Gasteiger charge is 2.25. The van der Waals surface area contributed by atoms with Gasteiger partial charge in [0, 0.05) is 24.4 Å². The van der Waals surface area contributed by atoms with Gasteiger partial charge in [-0.2, -0.15) is 0 Å². The normalized spacial score (nSPS) is 15.5. The van der Waals surface area contributed by atoms with Crippen molar-refractivity contribution in [3.05, 3.63) is 65.9 Å². The summed E-state index contributed by atoms with van der Waals surface area (Å²) in [5.41, 5.74) is 3.53. The van der Waals surface area contributed by atoms with Crippen molar-refractivity contribution in [2.45, 2.75) is 27.2 Å². The zero-order chi connectivity index (χ0) is 21.3. The van der Waals surface area contributed by atoms with Crippen molar-refractivity contribution in [2.24, 2.45) is 0 Å². The summed E-state index contributed by atoms with van der Waals surface area (Å²) in [4.78, 5) is 17.2. The van der Waals surface area contributed by atoms with E-state index in [4.69, 9.17) is 4.74 Å². The molecule has 1 aromatic carbocycles. The van der Waals surface area contributed by atoms with Crippen LogP contribution in [-0.2, 0) is 9.53 Å². The number of hydrogen-bond acceptors (Lipinski definition) is 5. The van der Waals surface area contributed by atoms with Crippen LogP contribution in [0.1, 0.15) is 25.8 Å². The van der Waals surface area contributed by atoms with Gasteiger partial charge in [-0.15, -0.1) is 10.2 Å². The first-order chi connectivity index (χ1) is 14.6. The molecule has 3 rings (SSSR count). The number of nitrogens with zero attached hydrogens (tertiary/aromatic N) is 4. The second-order valence-electron chi connectivity index (χ2n) is 7.26. The molecule has 0 saturated carbocycles. The molecule has 1 fully saturated rings. The Morgan fingerprint density at radius 3 is 2.57 bits per heavy atom. The molecular formula is C24H30N4O2. The van der Waals surface area contributed by atoms with Crippen LogP contribution in [0.5, 0.6) is 0 Å². The van der Waals surface area contributed by atoms with E-state index in [1.807, 2.05) is 68.5 Å². The van der Waals surface area contributed by atoms with E-state index in [-0.39, 0.29) is 5.91 Å². The van der Waals surface area contributed by atoms with Gasteiger partial charge in [-0.05, 0) is 38.0 Å². The van der Waals surface area contributed by atoms with Gasteiger partial charge in [0.05, 0.1) is 25.5 Å². The Bertz CT molecular complexity index is 903. The van der Waals surface area contributed by atoms with Crippen LogP contribution in [0.25, 0.3) is 11.3 Å². The van der Waals surface area contributed by atoms with Gasteiger partial charge in [0.1, 0.15) is 0 Å². The second-order valence-corrected chi connectivity index (χ2v) is 7.26. The van der Waals surface area contributed by atoms with E-state index in [0.717, 1.165) is 42.0 Å². The molecule has 1 amide bonds. The standard InChI is InChI=1S/C24H30N4O2/c1-4-9-21(10-5-2)28(23(29)18-27-13-15-30-16-14-27)24-19(3)17-22(25-26-24)20-11-7-6-8-12-20/h4,6-12,17H,5,13-16,18H2,1-3H3/b9-4-,21-10+. The quantitative estimate of drug-likeness (QED) is 0.651. The number of allylic oxidation sites excluding steroid dienone is 3. The Kier molecular flexibility index (Phi) is 7.88. The molecule has 1 aliphatic heterocycles. The number of anilines is 1. The third-order valence-electron chi connectivity index (χ3n) is 4.96. The molecule has 1 aliphatic rings. The summed E-state index contributed by atoms with van der Waals surface area (Å²) in [6, 6.07) is 11.9. The first kappa shape index (κ1) is 21.9. The van der Waals surface area contributed by atoms with Crippen LogP contribution in [0.2, 0.25) is 0 Å². The van der Waals surface area contributed by atoms with Crippen molar-refractivity contribution in [3.63, 3.8) is 0 Å². The highest BCUT2D eigenvalue weighted by Crippen LogP contribution is 2.26. The topological polar surface area (TPSA) is 58.6 Å². The Balaban J connectivity index is 1.96. The van der Waals surface area contributed by atoms with Gasteiger partial charge in [-0.25, -0.2) is 0 Å². The molecule has 0 spiro atoms. The van der Waals surface area contributed by atoms with E-state index >= 15 is 0 Å². The molecule has 1 aromatic heterocycles. The molecule has 30 heavy (non-hydrogen) atoms. The summed E-state index contributed by atoms with van der Waals surface area (Å²) < 4.78 is 5.41. The molecule has 0 unspecified atom stereocenters. The van der Waals surface area contributed by atoms with Crippen molar-refractivity contribution in [1.82, 2.24) is 15.1 Å². The monoisotopic (exact) mass is 406 g/mol. The van der Waals surface area contributed by atoms with E-state index in [9.17, 15) is 4.79 Å². The average molecular weight is 407 g/mol. The van der Waals surface area contributed by atoms with Gasteiger partial charge in [0.2, 0.25) is 5.91 Å². The molecule has 1 saturated heterocycles. The number of rotatable bonds is 7. The third-order valence-corrected chi connectivity index (χ3v) is 4.96. The summed E-state index contributed by atoms with van der Waals surface area (Å²) >= 11 is 0. The number of aromatic nitrogens is 2. The second kappa shape index (κ2) is 10.8. The molecule has 158 valence electrons. The number of carbonyl (C=O) groups is 1. The van der Waals surface area contributed by atoms with Crippen LogP contribution < -0.4 is 4.90 Å². The van der Waals surface area contributed by atoms with Crippen molar-refractivity contribution < 1.29 is 9.53 Å². The van der Waals surface area contributed by atoms with Gasteiger partial charge >= 0.3 is 0 Å². The smallest absolute Gasteiger partial charge is 0.246 e. The molecule has 2 aromatic rings. The van der Waals surface area contributed by atoms with Crippen molar-refractivity contribution in [1.29, 1.82) is 0 Å². The highest BCUT2D eigenvalue weighted by molar-refractivity contribution is 5.98. The zero-order valence-electron chi connectivity index (χ0n) is 18.0. The van der Waals surface area contributed by atoms with Crippen LogP contribution >= 0.6 is 0 Å². The molecule has 0 N–H and O–H groups in total. The van der Waals surface area contributed by atoms with Gasteiger partial charge in [0.15, 0.2) is 5.82 Å². The lowest BCUT2D eigenvalue weighted by Crippen LogP contribution is -2.45. The van der Waals surface area contributed by atoms with Gasteiger partial charge < -0.3 is 4.74 Å². The van der Waals surface area contributed by atoms with Crippen LogP contribution in [0.3, 0.4) is 0 Å². The summed E-state index contributed by atoms with van der Waals surface area (Å²) in [5.74, 6) is 0.560. The van der Waals surface area contributed by atoms with Gasteiger partial charge in [-0.1, -0.05) is 49.4 Å². The van der Waals surface area contributed by atoms with Crippen molar-refractivity contribution in [2.75, 3.05) is 37.7 Å². The molecule has 0 radical (unpaired) electrons. The molecule has 6 nitrogen and oxygen atoms in total. The van der Waals surface area contributed by atoms with Crippen LogP contribution in [0, 0.1) is 6.92 Å². The minimum atomic E-state index is -0.0143. The molecule has 2 heterocycles. The first-order valence-electron chi connectivity index (χ1n) is 10.5. The van der Waals surface area contributed by atoms with Crippen LogP contribution in [0.4, 0.5) is 5.82 Å². The molecular weight excluding hydrogens is 376 g/mol. The highest BCUT2D eigenvalue weighted by atomic mass is 16.5. The summed E-state index contributed by atoms with van der Waals surface area (Å²) in [5, 5.41) is 8.93. The predicted octanol–water partition coefficient (Wildman–Crippen LogP) is 3.99. The summed E-state index contributed by atoms with van der Waals surface area (Å²) in [7, 11) is 0. The number of carbonyl (C=O) groups excluding carboxylic acids is 1. The maximum Gasteiger partial charge on any atom is 0.246 e. The first-order valence-corrected chi connectivity index (χ1v) is 10.5. The number of benzene rings is 1. The predicted molar refractivity (Wildman–Crippen MR) is 120 cm³/mol. The number of ether oxygens (including phenoxy) is 1. The third kappa shape index (κ3) is 5.40. The van der Waals surface area contributed by atoms with E-state index in [1.54, 1.807) is 4.90 Å². The summed E-state index contributed by atoms with van der Waals surface area (Å²) in [6.45, 7) is 9.14. The Hall–Kier alpha value is -2.83. The minimum Gasteiger partial charge on any atom is -0.379 e. The van der Waals surface area contributed by atoms with Crippen LogP contribution in [-0.4, -0.2) is 53.9 Å². The fourth-order valence-corrected chi connectivity index (χ4v) is 3.47. The zero-order valence-corrected chi connectivity index (χ0v) is 18.0. The van der Waals surface area contributed by atoms with Crippen molar-refractivity contribution in [3.8, 4) is 11.3 Å². The lowest BCUT2D eigenvalue weighted by Gasteiger charge is -2.30. The van der Waals surface area contributed by atoms with E-state index in [1.165, 1.54) is 0 Å². The van der Waals surface area contributed by atoms with E-state index < -0.39 is 0 Å². The van der Waals surface area contributed by atoms with E-state index in [0.29, 0.717) is 25.6 Å². The maximum absolute atomic E-state index is 13.4. The Labute approximate surface area is 178 Å². The molecule has 6 heteroatoms. The molecule has 0 bridgehead atoms. The fourth-order valence-electron chi connectivity index (χ4n) is 3.47. The van der Waals surface area contributed by atoms with E-state index in [2.05, 4.69) is 22.0 Å². The Morgan fingerprint density at radius 1 is 1.20 bits per heavy atom. The lowest BCUT2D eigenvalue weighted by atomic mass is 10.1. The number of amides is 1. The molecule has 0 aliphatic carbocycles. The summed E-state index contributed by atoms with van der Waals surface area (Å²) in [6.07, 6.45) is 6.75. The van der Waals surface area contributed by atoms with Crippen molar-refractivity contribution >= 4 is 11.7 Å². The SMILES string of the molecule is C/C=C\C(=C/CC)N(C(=O)CN1CCOCC1)c1nnc(-c2ccccc2)cc1C. The number of hydrogen-bond donors (Lipinski definition) is 0. The number of aryl methyl sites for hydroxylation is 1. The van der Waals surface area contributed by atoms with Gasteiger partial charge in [0.25, 0.3) is 0 Å². The largest absolute Gasteiger partial charge is 0.379 e. The molecule has 0 atom stereocenters. The Morgan fingerprint density at radius 2 is 1.93 bits per heavy atom.